The molecule has 1 N–H and O–H groups in total. The van der Waals surface area contributed by atoms with E-state index < -0.39 is 10.0 Å². The number of nitrogens with zero attached hydrogens (tertiary/aromatic N) is 1. The Hall–Kier alpha value is -0.910. The summed E-state index contributed by atoms with van der Waals surface area (Å²) in [6.45, 7) is 0.636. The minimum Gasteiger partial charge on any atom is -0.307 e. The average molecular weight is 242 g/mol. The van der Waals surface area contributed by atoms with Gasteiger partial charge in [0.15, 0.2) is 0 Å². The lowest BCUT2D eigenvalue weighted by atomic mass is 10.1. The van der Waals surface area contributed by atoms with E-state index in [1.165, 1.54) is 6.26 Å². The fourth-order valence-corrected chi connectivity index (χ4v) is 2.25. The van der Waals surface area contributed by atoms with Crippen LogP contribution in [0.3, 0.4) is 0 Å². The molecule has 0 aliphatic carbocycles. The lowest BCUT2D eigenvalue weighted by Gasteiger charge is -2.21. The predicted octanol–water partition coefficient (Wildman–Crippen LogP) is 0.839. The van der Waals surface area contributed by atoms with Crippen LogP contribution in [0.1, 0.15) is 11.6 Å². The summed E-state index contributed by atoms with van der Waals surface area (Å²) in [5.41, 5.74) is 0.974. The minimum atomic E-state index is -3.19. The van der Waals surface area contributed by atoms with Crippen LogP contribution < -0.4 is 4.72 Å². The third kappa shape index (κ3) is 4.74. The van der Waals surface area contributed by atoms with Crippen molar-refractivity contribution in [3.05, 3.63) is 35.9 Å². The molecule has 0 aliphatic rings. The van der Waals surface area contributed by atoms with Crippen LogP contribution in [0.25, 0.3) is 0 Å². The zero-order valence-electron chi connectivity index (χ0n) is 9.84. The number of nitrogens with one attached hydrogen (secondary N) is 1. The van der Waals surface area contributed by atoms with Crippen LogP contribution in [0.5, 0.6) is 0 Å². The summed E-state index contributed by atoms with van der Waals surface area (Å²) >= 11 is 0. The first-order chi connectivity index (χ1) is 7.38. The second kappa shape index (κ2) is 5.43. The van der Waals surface area contributed by atoms with Crippen molar-refractivity contribution in [2.75, 3.05) is 26.9 Å². The van der Waals surface area contributed by atoms with Crippen molar-refractivity contribution in [1.82, 2.24) is 9.62 Å². The highest BCUT2D eigenvalue weighted by Crippen LogP contribution is 2.13. The number of rotatable bonds is 5. The molecule has 0 saturated heterocycles. The van der Waals surface area contributed by atoms with Gasteiger partial charge >= 0.3 is 0 Å². The number of hydrogen-bond donors (Lipinski definition) is 1. The molecule has 1 unspecified atom stereocenters. The van der Waals surface area contributed by atoms with Crippen molar-refractivity contribution in [2.24, 2.45) is 0 Å². The first-order valence-electron chi connectivity index (χ1n) is 5.05. The van der Waals surface area contributed by atoms with Crippen LogP contribution in [-0.4, -0.2) is 40.2 Å². The molecule has 1 rings (SSSR count). The van der Waals surface area contributed by atoms with Gasteiger partial charge in [0.05, 0.1) is 12.3 Å². The van der Waals surface area contributed by atoms with Crippen molar-refractivity contribution in [3.8, 4) is 0 Å². The molecule has 1 atom stereocenters. The summed E-state index contributed by atoms with van der Waals surface area (Å²) in [5.74, 6) is 0. The van der Waals surface area contributed by atoms with Gasteiger partial charge in [0, 0.05) is 6.54 Å². The van der Waals surface area contributed by atoms with Crippen LogP contribution in [0.2, 0.25) is 0 Å². The second-order valence-corrected chi connectivity index (χ2v) is 5.90. The average Bonchev–Trinajstić information content (AvgIpc) is 2.15. The predicted molar refractivity (Wildman–Crippen MR) is 65.7 cm³/mol. The first kappa shape index (κ1) is 13.2. The molecule has 4 nitrogen and oxygen atoms in total. The zero-order chi connectivity index (χ0) is 12.2. The fourth-order valence-electron chi connectivity index (χ4n) is 1.52. The molecule has 0 saturated carbocycles. The lowest BCUT2D eigenvalue weighted by molar-refractivity contribution is 0.363. The Balaban J connectivity index is 2.88. The largest absolute Gasteiger partial charge is 0.307 e. The Kier molecular flexibility index (Phi) is 4.46. The third-order valence-corrected chi connectivity index (χ3v) is 2.82. The molecule has 16 heavy (non-hydrogen) atoms. The van der Waals surface area contributed by atoms with E-state index in [2.05, 4.69) is 4.72 Å². The third-order valence-electron chi connectivity index (χ3n) is 2.11. The zero-order valence-corrected chi connectivity index (χ0v) is 10.7. The second-order valence-electron chi connectivity index (χ2n) is 4.12. The van der Waals surface area contributed by atoms with E-state index >= 15 is 0 Å². The summed E-state index contributed by atoms with van der Waals surface area (Å²) in [4.78, 5) is 1.95. The molecule has 0 radical (unpaired) electrons. The Labute approximate surface area is 97.3 Å². The number of benzene rings is 1. The number of hydrogen-bond acceptors (Lipinski definition) is 3. The number of likely N-dealkylation sites (N-methyl/N-ethyl adjacent to an activating group) is 1. The summed E-state index contributed by atoms with van der Waals surface area (Å²) in [6, 6.07) is 9.37. The lowest BCUT2D eigenvalue weighted by Crippen LogP contribution is -2.34. The van der Waals surface area contributed by atoms with Gasteiger partial charge < -0.3 is 4.90 Å². The molecule has 0 aromatic heterocycles. The summed E-state index contributed by atoms with van der Waals surface area (Å²) in [7, 11) is 0.639. The molecule has 1 aromatic rings. The molecule has 5 heteroatoms. The molecule has 90 valence electrons. The van der Waals surface area contributed by atoms with E-state index in [-0.39, 0.29) is 6.04 Å². The topological polar surface area (TPSA) is 49.4 Å². The smallest absolute Gasteiger partial charge is 0.209 e. The first-order valence-corrected chi connectivity index (χ1v) is 6.94. The highest BCUT2D eigenvalue weighted by molar-refractivity contribution is 7.88. The van der Waals surface area contributed by atoms with Crippen LogP contribution in [0.4, 0.5) is 0 Å². The van der Waals surface area contributed by atoms with E-state index in [1.54, 1.807) is 0 Å². The highest BCUT2D eigenvalue weighted by Gasteiger charge is 2.16. The molecule has 0 bridgehead atoms. The van der Waals surface area contributed by atoms with Gasteiger partial charge in [0.1, 0.15) is 0 Å². The van der Waals surface area contributed by atoms with E-state index in [1.807, 2.05) is 49.3 Å². The Morgan fingerprint density at radius 1 is 1.25 bits per heavy atom. The van der Waals surface area contributed by atoms with Crippen molar-refractivity contribution in [3.63, 3.8) is 0 Å². The normalized spacial score (nSPS) is 14.0. The molecular weight excluding hydrogens is 224 g/mol. The van der Waals surface area contributed by atoms with Gasteiger partial charge in [-0.15, -0.1) is 0 Å². The Bertz CT molecular complexity index is 415. The monoisotopic (exact) mass is 242 g/mol. The number of sulfonamides is 1. The molecule has 0 amide bonds. The van der Waals surface area contributed by atoms with Gasteiger partial charge in [-0.3, -0.25) is 0 Å². The quantitative estimate of drug-likeness (QED) is 0.832. The van der Waals surface area contributed by atoms with Gasteiger partial charge in [0.2, 0.25) is 10.0 Å². The maximum absolute atomic E-state index is 11.3. The summed E-state index contributed by atoms with van der Waals surface area (Å²) < 4.78 is 25.2. The SMILES string of the molecule is CN(C)CC(NS(C)(=O)=O)c1ccccc1. The maximum atomic E-state index is 11.3. The van der Waals surface area contributed by atoms with Crippen LogP contribution >= 0.6 is 0 Å². The van der Waals surface area contributed by atoms with E-state index in [0.29, 0.717) is 6.54 Å². The minimum absolute atomic E-state index is 0.203. The van der Waals surface area contributed by atoms with Gasteiger partial charge in [-0.1, -0.05) is 30.3 Å². The van der Waals surface area contributed by atoms with Crippen LogP contribution in [0.15, 0.2) is 30.3 Å². The molecule has 0 heterocycles. The van der Waals surface area contributed by atoms with E-state index in [9.17, 15) is 8.42 Å². The Morgan fingerprint density at radius 3 is 2.25 bits per heavy atom. The highest BCUT2D eigenvalue weighted by atomic mass is 32.2. The summed E-state index contributed by atoms with van der Waals surface area (Å²) in [6.07, 6.45) is 1.18. The molecular formula is C11H18N2O2S. The Morgan fingerprint density at radius 2 is 1.81 bits per heavy atom. The van der Waals surface area contributed by atoms with Gasteiger partial charge in [-0.2, -0.15) is 0 Å². The van der Waals surface area contributed by atoms with Crippen LogP contribution in [-0.2, 0) is 10.0 Å². The van der Waals surface area contributed by atoms with Crippen molar-refractivity contribution in [1.29, 1.82) is 0 Å². The van der Waals surface area contributed by atoms with Crippen molar-refractivity contribution in [2.45, 2.75) is 6.04 Å². The van der Waals surface area contributed by atoms with Crippen molar-refractivity contribution >= 4 is 10.0 Å². The van der Waals surface area contributed by atoms with Gasteiger partial charge in [-0.05, 0) is 19.7 Å². The standard InChI is InChI=1S/C11H18N2O2S/c1-13(2)9-11(12-16(3,14)15)10-7-5-4-6-8-10/h4-8,11-12H,9H2,1-3H3. The molecule has 0 spiro atoms. The molecule has 0 fully saturated rings. The van der Waals surface area contributed by atoms with E-state index in [4.69, 9.17) is 0 Å². The fraction of sp³-hybridized carbons (Fsp3) is 0.455. The maximum Gasteiger partial charge on any atom is 0.209 e. The van der Waals surface area contributed by atoms with Gasteiger partial charge in [0.25, 0.3) is 0 Å². The van der Waals surface area contributed by atoms with E-state index in [0.717, 1.165) is 5.56 Å². The molecule has 0 aliphatic heterocycles. The van der Waals surface area contributed by atoms with Crippen molar-refractivity contribution < 1.29 is 8.42 Å². The van der Waals surface area contributed by atoms with Crippen LogP contribution in [0, 0.1) is 0 Å². The van der Waals surface area contributed by atoms with Gasteiger partial charge in [-0.25, -0.2) is 13.1 Å². The summed E-state index contributed by atoms with van der Waals surface area (Å²) in [5, 5.41) is 0. The molecule has 1 aromatic carbocycles.